The Morgan fingerprint density at radius 3 is 0.745 bits per heavy atom. The molecule has 0 saturated heterocycles. The van der Waals surface area contributed by atoms with Crippen molar-refractivity contribution in [1.82, 2.24) is 0 Å². The summed E-state index contributed by atoms with van der Waals surface area (Å²) in [5, 5.41) is 10.7. The third-order valence-electron chi connectivity index (χ3n) is 20.1. The highest BCUT2D eigenvalue weighted by atomic mass is 31.2. The summed E-state index contributed by atoms with van der Waals surface area (Å²) in [4.78, 5) is 73.1. The van der Waals surface area contributed by atoms with Crippen LogP contribution in [0.4, 0.5) is 0 Å². The van der Waals surface area contributed by atoms with Gasteiger partial charge in [-0.3, -0.25) is 37.3 Å². The maximum Gasteiger partial charge on any atom is 0.472 e. The molecule has 0 aromatic heterocycles. The molecule has 0 aromatic rings. The summed E-state index contributed by atoms with van der Waals surface area (Å²) in [6.45, 7) is 12.0. The van der Waals surface area contributed by atoms with Crippen LogP contribution in [-0.2, 0) is 65.4 Å². The average Bonchev–Trinajstić information content (AvgIpc) is 0.949. The fourth-order valence-electron chi connectivity index (χ4n) is 12.8. The van der Waals surface area contributed by atoms with Gasteiger partial charge in [0.05, 0.1) is 26.4 Å². The second kappa shape index (κ2) is 73.2. The molecule has 17 nitrogen and oxygen atoms in total. The van der Waals surface area contributed by atoms with E-state index in [4.69, 9.17) is 37.0 Å². The van der Waals surface area contributed by atoms with Crippen molar-refractivity contribution < 1.29 is 80.2 Å². The van der Waals surface area contributed by atoms with Gasteiger partial charge in [-0.15, -0.1) is 0 Å². The number of hydrogen-bond donors (Lipinski definition) is 3. The van der Waals surface area contributed by atoms with Gasteiger partial charge in [-0.1, -0.05) is 382 Å². The third-order valence-corrected chi connectivity index (χ3v) is 22.0. The minimum Gasteiger partial charge on any atom is -0.462 e. The van der Waals surface area contributed by atoms with Crippen LogP contribution in [0, 0.1) is 17.8 Å². The zero-order valence-electron chi connectivity index (χ0n) is 67.1. The molecule has 102 heavy (non-hydrogen) atoms. The van der Waals surface area contributed by atoms with E-state index in [0.717, 1.165) is 114 Å². The molecule has 606 valence electrons. The number of aliphatic hydroxyl groups is 1. The lowest BCUT2D eigenvalue weighted by molar-refractivity contribution is -0.161. The Hall–Kier alpha value is -1.94. The van der Waals surface area contributed by atoms with Crippen molar-refractivity contribution in [3.8, 4) is 0 Å². The summed E-state index contributed by atoms with van der Waals surface area (Å²) >= 11 is 0. The van der Waals surface area contributed by atoms with Crippen molar-refractivity contribution in [2.45, 2.75) is 452 Å². The lowest BCUT2D eigenvalue weighted by Crippen LogP contribution is -2.30. The molecule has 3 N–H and O–H groups in total. The Kier molecular flexibility index (Phi) is 71.8. The van der Waals surface area contributed by atoms with E-state index in [1.165, 1.54) is 238 Å². The van der Waals surface area contributed by atoms with Crippen LogP contribution in [0.15, 0.2) is 0 Å². The first kappa shape index (κ1) is 100. The minimum absolute atomic E-state index is 0.105. The Balaban J connectivity index is 5.24. The number of aliphatic hydroxyl groups excluding tert-OH is 1. The zero-order chi connectivity index (χ0) is 75.1. The van der Waals surface area contributed by atoms with Crippen LogP contribution in [0.1, 0.15) is 434 Å². The van der Waals surface area contributed by atoms with Gasteiger partial charge in [-0.2, -0.15) is 0 Å². The second-order valence-corrected chi connectivity index (χ2v) is 33.7. The number of esters is 4. The Labute approximate surface area is 626 Å². The Morgan fingerprint density at radius 2 is 0.500 bits per heavy atom. The first-order valence-corrected chi connectivity index (χ1v) is 45.9. The van der Waals surface area contributed by atoms with E-state index in [1.807, 2.05) is 0 Å². The molecule has 0 aliphatic carbocycles. The molecule has 0 bridgehead atoms. The van der Waals surface area contributed by atoms with Gasteiger partial charge in [0.1, 0.15) is 19.3 Å². The molecule has 0 aromatic carbocycles. The van der Waals surface area contributed by atoms with Gasteiger partial charge in [-0.25, -0.2) is 9.13 Å². The van der Waals surface area contributed by atoms with Crippen LogP contribution >= 0.6 is 15.6 Å². The summed E-state index contributed by atoms with van der Waals surface area (Å²) in [7, 11) is -9.92. The van der Waals surface area contributed by atoms with E-state index in [-0.39, 0.29) is 25.7 Å². The molecule has 0 saturated carbocycles. The van der Waals surface area contributed by atoms with E-state index in [1.54, 1.807) is 0 Å². The average molecular weight is 1490 g/mol. The fourth-order valence-corrected chi connectivity index (χ4v) is 14.4. The van der Waals surface area contributed by atoms with Crippen LogP contribution in [0.2, 0.25) is 0 Å². The number of hydrogen-bond acceptors (Lipinski definition) is 15. The molecule has 0 radical (unpaired) electrons. The number of rotatable bonds is 81. The lowest BCUT2D eigenvalue weighted by atomic mass is 9.99. The van der Waals surface area contributed by atoms with Crippen LogP contribution in [0.25, 0.3) is 0 Å². The van der Waals surface area contributed by atoms with Crippen molar-refractivity contribution in [1.29, 1.82) is 0 Å². The number of carbonyl (C=O) groups is 4. The smallest absolute Gasteiger partial charge is 0.462 e. The van der Waals surface area contributed by atoms with Crippen LogP contribution in [0.5, 0.6) is 0 Å². The molecular formula is C83H162O17P2. The van der Waals surface area contributed by atoms with Gasteiger partial charge in [0.2, 0.25) is 0 Å². The third kappa shape index (κ3) is 73.6. The second-order valence-electron chi connectivity index (χ2n) is 30.8. The van der Waals surface area contributed by atoms with Gasteiger partial charge in [0.25, 0.3) is 0 Å². The predicted molar refractivity (Wildman–Crippen MR) is 418 cm³/mol. The molecule has 19 heteroatoms. The maximum atomic E-state index is 13.1. The number of unbranched alkanes of at least 4 members (excludes halogenated alkanes) is 47. The Morgan fingerprint density at radius 1 is 0.284 bits per heavy atom. The highest BCUT2D eigenvalue weighted by Gasteiger charge is 2.30. The van der Waals surface area contributed by atoms with E-state index in [2.05, 4.69) is 48.5 Å². The highest BCUT2D eigenvalue weighted by Crippen LogP contribution is 2.45. The monoisotopic (exact) mass is 1490 g/mol. The van der Waals surface area contributed by atoms with Crippen LogP contribution in [0.3, 0.4) is 0 Å². The first-order valence-electron chi connectivity index (χ1n) is 42.9. The summed E-state index contributed by atoms with van der Waals surface area (Å²) in [5.41, 5.74) is 0. The topological polar surface area (TPSA) is 237 Å². The molecule has 0 heterocycles. The van der Waals surface area contributed by atoms with E-state index >= 15 is 0 Å². The molecule has 0 amide bonds. The highest BCUT2D eigenvalue weighted by molar-refractivity contribution is 7.47. The molecule has 7 atom stereocenters. The van der Waals surface area contributed by atoms with E-state index in [9.17, 15) is 43.2 Å². The summed E-state index contributed by atoms with van der Waals surface area (Å²) in [6, 6.07) is 0. The Bertz CT molecular complexity index is 1980. The maximum absolute atomic E-state index is 13.1. The molecule has 0 aliphatic rings. The van der Waals surface area contributed by atoms with Gasteiger partial charge in [-0.05, 0) is 43.4 Å². The van der Waals surface area contributed by atoms with Crippen molar-refractivity contribution in [3.63, 3.8) is 0 Å². The molecular weight excluding hydrogens is 1330 g/mol. The van der Waals surface area contributed by atoms with Gasteiger partial charge < -0.3 is 33.8 Å². The summed E-state index contributed by atoms with van der Waals surface area (Å²) in [6.07, 6.45) is 62.5. The molecule has 0 spiro atoms. The number of phosphoric acid groups is 2. The minimum atomic E-state index is -4.96. The first-order chi connectivity index (χ1) is 49.3. The zero-order valence-corrected chi connectivity index (χ0v) is 68.9. The number of phosphoric ester groups is 2. The lowest BCUT2D eigenvalue weighted by Gasteiger charge is -2.21. The standard InChI is InChI=1S/C83H162O17P2/c1-8-11-12-13-14-15-16-17-18-19-20-21-22-25-29-32-38-43-52-59-66-82(87)99-78(70-93-80(85)64-57-50-42-37-31-28-26-23-24-27-30-35-40-47-54-61-74(4)5)72-97-101(89,90)95-68-77(84)69-96-102(91,92)98-73-79(71-94-81(86)65-58-51-46-45-49-56-63-76(7)10-3)100-83(88)67-60-53-44-39-34-33-36-41-48-55-62-75(6)9-2/h74-79,84H,8-73H2,1-7H3,(H,89,90)(H,91,92)/t75?,76?,77-,78-,79-/m1/s1. The van der Waals surface area contributed by atoms with Crippen molar-refractivity contribution >= 4 is 39.5 Å². The van der Waals surface area contributed by atoms with E-state index in [0.29, 0.717) is 25.7 Å². The van der Waals surface area contributed by atoms with Gasteiger partial charge in [0, 0.05) is 25.7 Å². The molecule has 0 rings (SSSR count). The van der Waals surface area contributed by atoms with Crippen molar-refractivity contribution in [3.05, 3.63) is 0 Å². The largest absolute Gasteiger partial charge is 0.472 e. The van der Waals surface area contributed by atoms with Crippen LogP contribution in [-0.4, -0.2) is 96.7 Å². The van der Waals surface area contributed by atoms with Crippen molar-refractivity contribution in [2.75, 3.05) is 39.6 Å². The van der Waals surface area contributed by atoms with Gasteiger partial charge >= 0.3 is 39.5 Å². The van der Waals surface area contributed by atoms with Gasteiger partial charge in [0.15, 0.2) is 12.2 Å². The number of ether oxygens (including phenoxy) is 4. The molecule has 0 aliphatic heterocycles. The summed E-state index contributed by atoms with van der Waals surface area (Å²) in [5.74, 6) is 0.230. The molecule has 4 unspecified atom stereocenters. The van der Waals surface area contributed by atoms with E-state index < -0.39 is 97.5 Å². The predicted octanol–water partition coefficient (Wildman–Crippen LogP) is 24.9. The quantitative estimate of drug-likeness (QED) is 0.0222. The van der Waals surface area contributed by atoms with Crippen LogP contribution < -0.4 is 0 Å². The SMILES string of the molecule is CCCCCCCCCCCCCCCCCCCCCCC(=O)O[C@H](COC(=O)CCCCCCCCCCCCCCCCCC(C)C)COP(=O)(O)OC[C@@H](O)COP(=O)(O)OC[C@@H](COC(=O)CCCCCCCCC(C)CC)OC(=O)CCCCCCCCCCCCC(C)CC. The summed E-state index contributed by atoms with van der Waals surface area (Å²) < 4.78 is 68.8. The normalized spacial score (nSPS) is 14.5. The van der Waals surface area contributed by atoms with Crippen molar-refractivity contribution in [2.24, 2.45) is 17.8 Å². The molecule has 0 fully saturated rings. The fraction of sp³-hybridized carbons (Fsp3) is 0.952. The number of carbonyl (C=O) groups excluding carboxylic acids is 4.